The van der Waals surface area contributed by atoms with E-state index < -0.39 is 11.7 Å². The monoisotopic (exact) mass is 389 g/mol. The van der Waals surface area contributed by atoms with Crippen molar-refractivity contribution in [2.75, 3.05) is 12.1 Å². The third-order valence-corrected chi connectivity index (χ3v) is 3.98. The van der Waals surface area contributed by atoms with Gasteiger partial charge in [-0.15, -0.1) is 11.8 Å². The number of hydrogen-bond acceptors (Lipinski definition) is 3. The Kier molecular flexibility index (Phi) is 6.61. The van der Waals surface area contributed by atoms with Gasteiger partial charge in [0.2, 0.25) is 0 Å². The van der Waals surface area contributed by atoms with Crippen molar-refractivity contribution >= 4 is 29.3 Å². The Morgan fingerprint density at radius 1 is 1.20 bits per heavy atom. The number of benzene rings is 2. The van der Waals surface area contributed by atoms with E-state index >= 15 is 0 Å². The number of rotatable bonds is 6. The highest BCUT2D eigenvalue weighted by Gasteiger charge is 2.31. The molecular weight excluding hydrogens is 375 g/mol. The van der Waals surface area contributed by atoms with E-state index in [4.69, 9.17) is 16.3 Å². The van der Waals surface area contributed by atoms with Gasteiger partial charge in [-0.25, -0.2) is 0 Å². The van der Waals surface area contributed by atoms with Gasteiger partial charge in [-0.2, -0.15) is 13.2 Å². The van der Waals surface area contributed by atoms with Crippen LogP contribution in [0.15, 0.2) is 42.5 Å². The Bertz CT molecular complexity index is 736. The highest BCUT2D eigenvalue weighted by atomic mass is 35.5. The highest BCUT2D eigenvalue weighted by Crippen LogP contribution is 2.34. The lowest BCUT2D eigenvalue weighted by molar-refractivity contribution is -0.137. The Morgan fingerprint density at radius 2 is 1.88 bits per heavy atom. The van der Waals surface area contributed by atoms with Crippen molar-refractivity contribution < 1.29 is 22.7 Å². The molecule has 0 aromatic heterocycles. The summed E-state index contributed by atoms with van der Waals surface area (Å²) in [6.45, 7) is 0.123. The zero-order chi connectivity index (χ0) is 18.4. The van der Waals surface area contributed by atoms with E-state index in [2.05, 4.69) is 5.32 Å². The van der Waals surface area contributed by atoms with Gasteiger partial charge in [0.25, 0.3) is 5.91 Å². The van der Waals surface area contributed by atoms with Crippen LogP contribution in [0.4, 0.5) is 13.2 Å². The summed E-state index contributed by atoms with van der Waals surface area (Å²) in [5.41, 5.74) is 0.452. The molecule has 0 saturated carbocycles. The third kappa shape index (κ3) is 5.57. The molecule has 3 nitrogen and oxygen atoms in total. The van der Waals surface area contributed by atoms with E-state index in [9.17, 15) is 18.0 Å². The van der Waals surface area contributed by atoms with E-state index in [0.717, 1.165) is 17.7 Å². The SMILES string of the molecule is CSCNC(=O)c1ccc(COc2ccc(C(F)(F)F)cc2Cl)cc1. The molecule has 1 N–H and O–H groups in total. The minimum Gasteiger partial charge on any atom is -0.487 e. The van der Waals surface area contributed by atoms with Gasteiger partial charge >= 0.3 is 6.18 Å². The molecule has 8 heteroatoms. The molecule has 0 radical (unpaired) electrons. The summed E-state index contributed by atoms with van der Waals surface area (Å²) < 4.78 is 43.2. The van der Waals surface area contributed by atoms with Crippen molar-refractivity contribution in [1.82, 2.24) is 5.32 Å². The second kappa shape index (κ2) is 8.49. The molecule has 0 atom stereocenters. The van der Waals surface area contributed by atoms with E-state index in [1.807, 2.05) is 6.26 Å². The first kappa shape index (κ1) is 19.5. The molecular formula is C17H15ClF3NO2S. The van der Waals surface area contributed by atoms with E-state index in [1.165, 1.54) is 17.8 Å². The maximum absolute atomic E-state index is 12.6. The molecule has 0 bridgehead atoms. The molecule has 0 saturated heterocycles. The van der Waals surface area contributed by atoms with Crippen LogP contribution in [0.25, 0.3) is 0 Å². The lowest BCUT2D eigenvalue weighted by Gasteiger charge is -2.11. The number of alkyl halides is 3. The first-order valence-corrected chi connectivity index (χ1v) is 8.94. The zero-order valence-corrected chi connectivity index (χ0v) is 14.8. The fraction of sp³-hybridized carbons (Fsp3) is 0.235. The average Bonchev–Trinajstić information content (AvgIpc) is 2.58. The zero-order valence-electron chi connectivity index (χ0n) is 13.2. The maximum Gasteiger partial charge on any atom is 0.416 e. The van der Waals surface area contributed by atoms with Gasteiger partial charge in [-0.1, -0.05) is 23.7 Å². The van der Waals surface area contributed by atoms with Crippen LogP contribution in [0, 0.1) is 0 Å². The minimum atomic E-state index is -4.45. The molecule has 1 amide bonds. The quantitative estimate of drug-likeness (QED) is 0.707. The van der Waals surface area contributed by atoms with Gasteiger partial charge in [0.05, 0.1) is 16.5 Å². The number of hydrogen-bond donors (Lipinski definition) is 1. The van der Waals surface area contributed by atoms with Gasteiger partial charge in [0, 0.05) is 5.56 Å². The molecule has 2 aromatic carbocycles. The summed E-state index contributed by atoms with van der Waals surface area (Å²) in [7, 11) is 0. The second-order valence-corrected chi connectivity index (χ2v) is 6.34. The molecule has 0 aliphatic rings. The van der Waals surface area contributed by atoms with Crippen LogP contribution in [0.1, 0.15) is 21.5 Å². The number of thioether (sulfide) groups is 1. The molecule has 2 aromatic rings. The lowest BCUT2D eigenvalue weighted by Crippen LogP contribution is -2.22. The van der Waals surface area contributed by atoms with Gasteiger partial charge < -0.3 is 10.1 Å². The molecule has 0 fully saturated rings. The Labute approximate surface area is 152 Å². The van der Waals surface area contributed by atoms with Crippen LogP contribution >= 0.6 is 23.4 Å². The predicted molar refractivity (Wildman–Crippen MR) is 93.1 cm³/mol. The van der Waals surface area contributed by atoms with Crippen LogP contribution in [0.2, 0.25) is 5.02 Å². The molecule has 2 rings (SSSR count). The summed E-state index contributed by atoms with van der Waals surface area (Å²) >= 11 is 7.34. The number of carbonyl (C=O) groups excluding carboxylic acids is 1. The minimum absolute atomic E-state index is 0.108. The number of nitrogens with one attached hydrogen (secondary N) is 1. The molecule has 0 aliphatic carbocycles. The summed E-state index contributed by atoms with van der Waals surface area (Å²) in [6, 6.07) is 9.68. The van der Waals surface area contributed by atoms with Crippen molar-refractivity contribution in [2.45, 2.75) is 12.8 Å². The van der Waals surface area contributed by atoms with Crippen LogP contribution in [0.5, 0.6) is 5.75 Å². The smallest absolute Gasteiger partial charge is 0.416 e. The standard InChI is InChI=1S/C17H15ClF3NO2S/c1-25-10-22-16(23)12-4-2-11(3-5-12)9-24-15-7-6-13(8-14(15)18)17(19,20)21/h2-8H,9-10H2,1H3,(H,22,23). The number of ether oxygens (including phenoxy) is 1. The fourth-order valence-electron chi connectivity index (χ4n) is 1.95. The Balaban J connectivity index is 1.98. The molecule has 25 heavy (non-hydrogen) atoms. The molecule has 134 valence electrons. The topological polar surface area (TPSA) is 38.3 Å². The van der Waals surface area contributed by atoms with Crippen LogP contribution in [-0.4, -0.2) is 18.0 Å². The van der Waals surface area contributed by atoms with Crippen molar-refractivity contribution in [2.24, 2.45) is 0 Å². The van der Waals surface area contributed by atoms with Gasteiger partial charge in [0.1, 0.15) is 12.4 Å². The van der Waals surface area contributed by atoms with Crippen molar-refractivity contribution in [1.29, 1.82) is 0 Å². The van der Waals surface area contributed by atoms with Gasteiger partial charge in [0.15, 0.2) is 0 Å². The predicted octanol–water partition coefficient (Wildman–Crippen LogP) is 4.99. The van der Waals surface area contributed by atoms with Crippen LogP contribution in [0.3, 0.4) is 0 Å². The largest absolute Gasteiger partial charge is 0.487 e. The molecule has 0 aliphatic heterocycles. The average molecular weight is 390 g/mol. The van der Waals surface area contributed by atoms with Gasteiger partial charge in [-0.3, -0.25) is 4.79 Å². The summed E-state index contributed by atoms with van der Waals surface area (Å²) in [6.07, 6.45) is -2.57. The normalized spacial score (nSPS) is 11.2. The lowest BCUT2D eigenvalue weighted by atomic mass is 10.1. The number of amides is 1. The molecule has 0 unspecified atom stereocenters. The fourth-order valence-corrected chi connectivity index (χ4v) is 2.46. The summed E-state index contributed by atoms with van der Waals surface area (Å²) in [5, 5.41) is 2.63. The third-order valence-electron chi connectivity index (χ3n) is 3.25. The number of carbonyl (C=O) groups is 1. The van der Waals surface area contributed by atoms with E-state index in [0.29, 0.717) is 11.4 Å². The summed E-state index contributed by atoms with van der Waals surface area (Å²) in [5.74, 6) is 0.514. The summed E-state index contributed by atoms with van der Waals surface area (Å²) in [4.78, 5) is 11.8. The highest BCUT2D eigenvalue weighted by molar-refractivity contribution is 7.98. The maximum atomic E-state index is 12.6. The Morgan fingerprint density at radius 3 is 2.44 bits per heavy atom. The molecule has 0 heterocycles. The Hall–Kier alpha value is -1.86. The second-order valence-electron chi connectivity index (χ2n) is 5.07. The van der Waals surface area contributed by atoms with Crippen LogP contribution < -0.4 is 10.1 Å². The van der Waals surface area contributed by atoms with E-state index in [1.54, 1.807) is 24.3 Å². The molecule has 0 spiro atoms. The first-order valence-electron chi connectivity index (χ1n) is 7.17. The van der Waals surface area contributed by atoms with Crippen molar-refractivity contribution in [3.63, 3.8) is 0 Å². The van der Waals surface area contributed by atoms with E-state index in [-0.39, 0.29) is 23.3 Å². The first-order chi connectivity index (χ1) is 11.8. The van der Waals surface area contributed by atoms with Crippen molar-refractivity contribution in [3.8, 4) is 5.75 Å². The van der Waals surface area contributed by atoms with Crippen LogP contribution in [-0.2, 0) is 12.8 Å². The van der Waals surface area contributed by atoms with Gasteiger partial charge in [-0.05, 0) is 42.2 Å². The van der Waals surface area contributed by atoms with Crippen molar-refractivity contribution in [3.05, 3.63) is 64.2 Å². The number of halogens is 4.